The lowest BCUT2D eigenvalue weighted by Crippen LogP contribution is -2.47. The Labute approximate surface area is 126 Å². The average molecular weight is 291 g/mol. The number of furan rings is 1. The average Bonchev–Trinajstić information content (AvgIpc) is 3.16. The van der Waals surface area contributed by atoms with Gasteiger partial charge in [-0.1, -0.05) is 13.8 Å². The van der Waals surface area contributed by atoms with Crippen molar-refractivity contribution in [3.63, 3.8) is 0 Å². The largest absolute Gasteiger partial charge is 0.468 e. The first-order chi connectivity index (χ1) is 10.1. The van der Waals surface area contributed by atoms with Crippen LogP contribution in [0.25, 0.3) is 0 Å². The maximum Gasteiger partial charge on any atom is 0.237 e. The fraction of sp³-hybridized carbons (Fsp3) is 0.688. The van der Waals surface area contributed by atoms with Crippen LogP contribution < -0.4 is 10.6 Å². The predicted molar refractivity (Wildman–Crippen MR) is 80.8 cm³/mol. The summed E-state index contributed by atoms with van der Waals surface area (Å²) in [6.45, 7) is 7.94. The van der Waals surface area contributed by atoms with Crippen molar-refractivity contribution in [3.8, 4) is 0 Å². The molecule has 0 unspecified atom stereocenters. The van der Waals surface area contributed by atoms with E-state index in [0.717, 1.165) is 31.9 Å². The maximum absolute atomic E-state index is 12.0. The van der Waals surface area contributed by atoms with Crippen molar-refractivity contribution in [2.45, 2.75) is 38.8 Å². The molecule has 2 fully saturated rings. The molecule has 2 aliphatic heterocycles. The number of nitrogens with zero attached hydrogens (tertiary/aromatic N) is 1. The molecule has 5 nitrogen and oxygen atoms in total. The van der Waals surface area contributed by atoms with Crippen LogP contribution in [0, 0.1) is 5.41 Å². The standard InChI is InChI=1S/C16H25N3O2/c1-16(2)11-18-15(20)14(16)17-10-12(13-6-5-9-21-13)19-7-3-4-8-19/h5-6,9,12,14,17H,3-4,7-8,10-11H2,1-2H3,(H,18,20)/t12-,14-/m0/s1. The summed E-state index contributed by atoms with van der Waals surface area (Å²) in [5.74, 6) is 1.10. The van der Waals surface area contributed by atoms with E-state index in [-0.39, 0.29) is 23.4 Å². The number of hydrogen-bond donors (Lipinski definition) is 2. The second-order valence-electron chi connectivity index (χ2n) is 6.82. The van der Waals surface area contributed by atoms with E-state index in [1.54, 1.807) is 6.26 Å². The first kappa shape index (κ1) is 14.6. The molecule has 0 spiro atoms. The minimum absolute atomic E-state index is 0.0458. The van der Waals surface area contributed by atoms with Crippen molar-refractivity contribution < 1.29 is 9.21 Å². The number of amides is 1. The molecule has 2 N–H and O–H groups in total. The van der Waals surface area contributed by atoms with Crippen LogP contribution in [0.4, 0.5) is 0 Å². The SMILES string of the molecule is CC1(C)CNC(=O)[C@@H]1NC[C@@H](c1ccco1)N1CCCC1. The van der Waals surface area contributed by atoms with Gasteiger partial charge in [-0.25, -0.2) is 0 Å². The van der Waals surface area contributed by atoms with Gasteiger partial charge in [-0.2, -0.15) is 0 Å². The van der Waals surface area contributed by atoms with Crippen LogP contribution in [0.15, 0.2) is 22.8 Å². The minimum atomic E-state index is -0.127. The normalized spacial score (nSPS) is 27.0. The number of carbonyl (C=O) groups is 1. The van der Waals surface area contributed by atoms with Gasteiger partial charge in [0.15, 0.2) is 0 Å². The third kappa shape index (κ3) is 2.99. The first-order valence-corrected chi connectivity index (χ1v) is 7.86. The van der Waals surface area contributed by atoms with Crippen LogP contribution in [0.5, 0.6) is 0 Å². The monoisotopic (exact) mass is 291 g/mol. The summed E-state index contributed by atoms with van der Waals surface area (Å²) in [4.78, 5) is 14.4. The van der Waals surface area contributed by atoms with Gasteiger partial charge in [0, 0.05) is 18.5 Å². The predicted octanol–water partition coefficient (Wildman–Crippen LogP) is 1.53. The zero-order valence-electron chi connectivity index (χ0n) is 12.9. The van der Waals surface area contributed by atoms with Crippen LogP contribution >= 0.6 is 0 Å². The zero-order valence-corrected chi connectivity index (χ0v) is 12.9. The number of rotatable bonds is 5. The van der Waals surface area contributed by atoms with E-state index >= 15 is 0 Å². The summed E-state index contributed by atoms with van der Waals surface area (Å²) in [5.41, 5.74) is -0.0458. The van der Waals surface area contributed by atoms with Gasteiger partial charge in [0.25, 0.3) is 0 Å². The van der Waals surface area contributed by atoms with Gasteiger partial charge < -0.3 is 15.1 Å². The summed E-state index contributed by atoms with van der Waals surface area (Å²) in [6, 6.07) is 4.05. The van der Waals surface area contributed by atoms with Gasteiger partial charge in [-0.05, 0) is 38.1 Å². The van der Waals surface area contributed by atoms with Gasteiger partial charge in [-0.15, -0.1) is 0 Å². The number of hydrogen-bond acceptors (Lipinski definition) is 4. The molecule has 2 saturated heterocycles. The minimum Gasteiger partial charge on any atom is -0.468 e. The highest BCUT2D eigenvalue weighted by atomic mass is 16.3. The van der Waals surface area contributed by atoms with Crippen molar-refractivity contribution in [2.24, 2.45) is 5.41 Å². The molecule has 0 radical (unpaired) electrons. The molecular formula is C16H25N3O2. The molecule has 5 heteroatoms. The Morgan fingerprint density at radius 1 is 1.48 bits per heavy atom. The number of nitrogens with one attached hydrogen (secondary N) is 2. The first-order valence-electron chi connectivity index (χ1n) is 7.86. The quantitative estimate of drug-likeness (QED) is 0.864. The third-order valence-corrected chi connectivity index (χ3v) is 4.73. The maximum atomic E-state index is 12.0. The summed E-state index contributed by atoms with van der Waals surface area (Å²) >= 11 is 0. The zero-order chi connectivity index (χ0) is 14.9. The van der Waals surface area contributed by atoms with E-state index in [0.29, 0.717) is 0 Å². The highest BCUT2D eigenvalue weighted by molar-refractivity contribution is 5.85. The van der Waals surface area contributed by atoms with E-state index in [9.17, 15) is 4.79 Å². The van der Waals surface area contributed by atoms with Gasteiger partial charge in [0.2, 0.25) is 5.91 Å². The molecule has 1 amide bonds. The second kappa shape index (κ2) is 5.81. The molecule has 21 heavy (non-hydrogen) atoms. The molecule has 0 aromatic carbocycles. The highest BCUT2D eigenvalue weighted by Crippen LogP contribution is 2.28. The smallest absolute Gasteiger partial charge is 0.237 e. The Bertz CT molecular complexity index is 478. The Morgan fingerprint density at radius 3 is 2.81 bits per heavy atom. The van der Waals surface area contributed by atoms with Crippen molar-refractivity contribution in [1.82, 2.24) is 15.5 Å². The van der Waals surface area contributed by atoms with Crippen LogP contribution in [0.2, 0.25) is 0 Å². The summed E-state index contributed by atoms with van der Waals surface area (Å²) < 4.78 is 5.62. The molecule has 0 aliphatic carbocycles. The molecule has 0 bridgehead atoms. The third-order valence-electron chi connectivity index (χ3n) is 4.73. The fourth-order valence-corrected chi connectivity index (χ4v) is 3.42. The van der Waals surface area contributed by atoms with Crippen LogP contribution in [-0.2, 0) is 4.79 Å². The number of likely N-dealkylation sites (tertiary alicyclic amines) is 1. The Hall–Kier alpha value is -1.33. The summed E-state index contributed by atoms with van der Waals surface area (Å²) in [5, 5.41) is 6.42. The van der Waals surface area contributed by atoms with E-state index in [1.807, 2.05) is 12.1 Å². The van der Waals surface area contributed by atoms with E-state index < -0.39 is 0 Å². The summed E-state index contributed by atoms with van der Waals surface area (Å²) in [6.07, 6.45) is 4.21. The Kier molecular flexibility index (Phi) is 4.04. The van der Waals surface area contributed by atoms with Gasteiger partial charge >= 0.3 is 0 Å². The topological polar surface area (TPSA) is 57.5 Å². The van der Waals surface area contributed by atoms with Crippen molar-refractivity contribution in [3.05, 3.63) is 24.2 Å². The molecule has 0 saturated carbocycles. The molecule has 116 valence electrons. The van der Waals surface area contributed by atoms with Crippen LogP contribution in [0.1, 0.15) is 38.5 Å². The lowest BCUT2D eigenvalue weighted by atomic mass is 9.87. The highest BCUT2D eigenvalue weighted by Gasteiger charge is 2.41. The van der Waals surface area contributed by atoms with Gasteiger partial charge in [0.1, 0.15) is 5.76 Å². The van der Waals surface area contributed by atoms with Crippen molar-refractivity contribution >= 4 is 5.91 Å². The molecule has 3 heterocycles. The van der Waals surface area contributed by atoms with Gasteiger partial charge in [-0.3, -0.25) is 9.69 Å². The van der Waals surface area contributed by atoms with Crippen molar-refractivity contribution in [2.75, 3.05) is 26.2 Å². The van der Waals surface area contributed by atoms with Crippen molar-refractivity contribution in [1.29, 1.82) is 0 Å². The second-order valence-corrected chi connectivity index (χ2v) is 6.82. The Balaban J connectivity index is 1.69. The molecule has 1 aromatic rings. The lowest BCUT2D eigenvalue weighted by molar-refractivity contribution is -0.121. The number of carbonyl (C=O) groups excluding carboxylic acids is 1. The molecule has 2 atom stereocenters. The van der Waals surface area contributed by atoms with E-state index in [1.165, 1.54) is 12.8 Å². The summed E-state index contributed by atoms with van der Waals surface area (Å²) in [7, 11) is 0. The van der Waals surface area contributed by atoms with Gasteiger partial charge in [0.05, 0.1) is 18.3 Å². The van der Waals surface area contributed by atoms with E-state index in [4.69, 9.17) is 4.42 Å². The fourth-order valence-electron chi connectivity index (χ4n) is 3.42. The van der Waals surface area contributed by atoms with Crippen LogP contribution in [0.3, 0.4) is 0 Å². The molecular weight excluding hydrogens is 266 g/mol. The molecule has 2 aliphatic rings. The molecule has 3 rings (SSSR count). The lowest BCUT2D eigenvalue weighted by Gasteiger charge is -2.30. The van der Waals surface area contributed by atoms with E-state index in [2.05, 4.69) is 29.4 Å². The van der Waals surface area contributed by atoms with Crippen LogP contribution in [-0.4, -0.2) is 43.0 Å². The Morgan fingerprint density at radius 2 is 2.24 bits per heavy atom. The molecule has 1 aromatic heterocycles.